The number of hydrogen-bond acceptors (Lipinski definition) is 7. The van der Waals surface area contributed by atoms with E-state index >= 15 is 0 Å². The summed E-state index contributed by atoms with van der Waals surface area (Å²) in [6.45, 7) is 3.62. The van der Waals surface area contributed by atoms with E-state index < -0.39 is 17.3 Å². The first-order chi connectivity index (χ1) is 16.2. The Morgan fingerprint density at radius 3 is 2.79 bits per heavy atom. The van der Waals surface area contributed by atoms with Crippen LogP contribution in [0.5, 0.6) is 0 Å². The molecule has 0 fully saturated rings. The molecule has 9 nitrogen and oxygen atoms in total. The number of fused-ring (bicyclic) bond motifs is 1. The Bertz CT molecular complexity index is 1410. The SMILES string of the molecule is CCCC(=O)Nn1c(SCc2nc(-c3cccc(C(F)(F)F)c3)no2)nc2cc(C)[nH]c2c1=O. The standard InChI is InChI=1S/C21H19F3N6O3S/c1-3-5-15(31)28-30-19(32)17-14(8-11(2)25-17)26-20(30)34-10-16-27-18(29-33-16)12-6-4-7-13(9-12)21(22,23)24/h4,6-9,25H,3,5,10H2,1-2H3,(H,28,31). The molecule has 3 heterocycles. The average Bonchev–Trinajstić information content (AvgIpc) is 3.40. The molecule has 0 spiro atoms. The van der Waals surface area contributed by atoms with Gasteiger partial charge in [-0.05, 0) is 31.5 Å². The third kappa shape index (κ3) is 4.98. The number of aromatic nitrogens is 5. The molecule has 2 N–H and O–H groups in total. The first-order valence-electron chi connectivity index (χ1n) is 10.2. The molecule has 1 aromatic carbocycles. The van der Waals surface area contributed by atoms with Gasteiger partial charge in [0, 0.05) is 17.7 Å². The second-order valence-corrected chi connectivity index (χ2v) is 8.35. The predicted molar refractivity (Wildman–Crippen MR) is 119 cm³/mol. The lowest BCUT2D eigenvalue weighted by Gasteiger charge is -2.12. The van der Waals surface area contributed by atoms with Gasteiger partial charge < -0.3 is 9.51 Å². The smallest absolute Gasteiger partial charge is 0.353 e. The van der Waals surface area contributed by atoms with Gasteiger partial charge in [0.15, 0.2) is 5.16 Å². The van der Waals surface area contributed by atoms with Gasteiger partial charge >= 0.3 is 6.18 Å². The van der Waals surface area contributed by atoms with Crippen molar-refractivity contribution in [2.45, 2.75) is 43.8 Å². The van der Waals surface area contributed by atoms with Crippen LogP contribution in [0.15, 0.2) is 44.8 Å². The van der Waals surface area contributed by atoms with Gasteiger partial charge in [0.25, 0.3) is 5.56 Å². The molecule has 34 heavy (non-hydrogen) atoms. The molecular weight excluding hydrogens is 473 g/mol. The number of nitrogens with one attached hydrogen (secondary N) is 2. The summed E-state index contributed by atoms with van der Waals surface area (Å²) in [6.07, 6.45) is -3.67. The third-order valence-electron chi connectivity index (χ3n) is 4.71. The summed E-state index contributed by atoms with van der Waals surface area (Å²) in [6, 6.07) is 6.31. The maximum atomic E-state index is 13.0. The fraction of sp³-hybridized carbons (Fsp3) is 0.286. The Morgan fingerprint density at radius 1 is 1.26 bits per heavy atom. The van der Waals surface area contributed by atoms with Crippen LogP contribution in [-0.2, 0) is 16.7 Å². The molecule has 13 heteroatoms. The Hall–Kier alpha value is -3.61. The Labute approximate surface area is 194 Å². The number of alkyl halides is 3. The number of nitrogens with zero attached hydrogens (tertiary/aromatic N) is 4. The van der Waals surface area contributed by atoms with Crippen molar-refractivity contribution in [2.75, 3.05) is 5.43 Å². The molecule has 4 aromatic rings. The first-order valence-corrected chi connectivity index (χ1v) is 11.2. The number of hydrogen-bond donors (Lipinski definition) is 2. The van der Waals surface area contributed by atoms with Crippen molar-refractivity contribution < 1.29 is 22.5 Å². The molecular formula is C21H19F3N6O3S. The molecule has 0 atom stereocenters. The highest BCUT2D eigenvalue weighted by atomic mass is 32.2. The summed E-state index contributed by atoms with van der Waals surface area (Å²) in [5.74, 6) is -0.166. The van der Waals surface area contributed by atoms with E-state index in [9.17, 15) is 22.8 Å². The molecule has 4 rings (SSSR count). The largest absolute Gasteiger partial charge is 0.416 e. The molecule has 178 valence electrons. The zero-order chi connectivity index (χ0) is 24.5. The van der Waals surface area contributed by atoms with Crippen LogP contribution in [0.2, 0.25) is 0 Å². The van der Waals surface area contributed by atoms with E-state index in [-0.39, 0.29) is 46.0 Å². The van der Waals surface area contributed by atoms with E-state index in [2.05, 4.69) is 25.5 Å². The average molecular weight is 492 g/mol. The second kappa shape index (κ2) is 9.33. The predicted octanol–water partition coefficient (Wildman–Crippen LogP) is 4.26. The van der Waals surface area contributed by atoms with Gasteiger partial charge in [-0.1, -0.05) is 36.0 Å². The van der Waals surface area contributed by atoms with Gasteiger partial charge in [0.05, 0.1) is 16.8 Å². The van der Waals surface area contributed by atoms with E-state index in [1.807, 2.05) is 6.92 Å². The maximum absolute atomic E-state index is 13.0. The van der Waals surface area contributed by atoms with Gasteiger partial charge in [-0.15, -0.1) is 0 Å². The van der Waals surface area contributed by atoms with E-state index in [1.165, 1.54) is 12.1 Å². The van der Waals surface area contributed by atoms with Crippen LogP contribution in [0.4, 0.5) is 13.2 Å². The molecule has 0 aliphatic carbocycles. The van der Waals surface area contributed by atoms with E-state index in [0.717, 1.165) is 34.3 Å². The molecule has 3 aromatic heterocycles. The Kier molecular flexibility index (Phi) is 6.46. The number of benzene rings is 1. The monoisotopic (exact) mass is 492 g/mol. The minimum Gasteiger partial charge on any atom is -0.353 e. The molecule has 0 saturated carbocycles. The quantitative estimate of drug-likeness (QED) is 0.292. The number of carbonyl (C=O) groups excluding carboxylic acids is 1. The van der Waals surface area contributed by atoms with Crippen molar-refractivity contribution in [3.63, 3.8) is 0 Å². The molecule has 0 unspecified atom stereocenters. The normalized spacial score (nSPS) is 11.8. The zero-order valence-electron chi connectivity index (χ0n) is 18.1. The molecule has 0 saturated heterocycles. The Morgan fingerprint density at radius 2 is 2.06 bits per heavy atom. The van der Waals surface area contributed by atoms with Gasteiger partial charge in [-0.3, -0.25) is 15.0 Å². The van der Waals surface area contributed by atoms with E-state index in [1.54, 1.807) is 13.0 Å². The van der Waals surface area contributed by atoms with Gasteiger partial charge in [0.1, 0.15) is 5.52 Å². The summed E-state index contributed by atoms with van der Waals surface area (Å²) >= 11 is 1.06. The lowest BCUT2D eigenvalue weighted by molar-refractivity contribution is -0.137. The molecule has 0 aliphatic rings. The lowest BCUT2D eigenvalue weighted by atomic mass is 10.1. The number of amides is 1. The van der Waals surface area contributed by atoms with Crippen LogP contribution in [0, 0.1) is 6.92 Å². The van der Waals surface area contributed by atoms with Gasteiger partial charge in [0.2, 0.25) is 17.6 Å². The van der Waals surface area contributed by atoms with Crippen molar-refractivity contribution in [1.29, 1.82) is 0 Å². The molecule has 0 aliphatic heterocycles. The minimum atomic E-state index is -4.49. The summed E-state index contributed by atoms with van der Waals surface area (Å²) in [4.78, 5) is 36.6. The van der Waals surface area contributed by atoms with Crippen molar-refractivity contribution in [3.8, 4) is 11.4 Å². The second-order valence-electron chi connectivity index (χ2n) is 7.41. The van der Waals surface area contributed by atoms with Crippen molar-refractivity contribution in [3.05, 3.63) is 57.8 Å². The Balaban J connectivity index is 1.60. The number of H-pyrrole nitrogens is 1. The van der Waals surface area contributed by atoms with Crippen molar-refractivity contribution in [2.24, 2.45) is 0 Å². The van der Waals surface area contributed by atoms with Crippen LogP contribution in [0.3, 0.4) is 0 Å². The number of rotatable bonds is 7. The summed E-state index contributed by atoms with van der Waals surface area (Å²) < 4.78 is 45.2. The highest BCUT2D eigenvalue weighted by molar-refractivity contribution is 7.98. The maximum Gasteiger partial charge on any atom is 0.416 e. The number of aromatic amines is 1. The van der Waals surface area contributed by atoms with Crippen LogP contribution in [-0.4, -0.2) is 30.7 Å². The van der Waals surface area contributed by atoms with E-state index in [0.29, 0.717) is 11.9 Å². The van der Waals surface area contributed by atoms with Crippen LogP contribution >= 0.6 is 11.8 Å². The summed E-state index contributed by atoms with van der Waals surface area (Å²) in [5, 5.41) is 3.95. The van der Waals surface area contributed by atoms with Crippen LogP contribution < -0.4 is 11.0 Å². The zero-order valence-corrected chi connectivity index (χ0v) is 18.9. The van der Waals surface area contributed by atoms with Crippen LogP contribution in [0.25, 0.3) is 22.4 Å². The number of halogens is 3. The minimum absolute atomic E-state index is 0.00000893. The van der Waals surface area contributed by atoms with Crippen molar-refractivity contribution in [1.82, 2.24) is 24.8 Å². The summed E-state index contributed by atoms with van der Waals surface area (Å²) in [5.41, 5.74) is 2.83. The van der Waals surface area contributed by atoms with E-state index in [4.69, 9.17) is 4.52 Å². The number of carbonyl (C=O) groups is 1. The highest BCUT2D eigenvalue weighted by Gasteiger charge is 2.30. The lowest BCUT2D eigenvalue weighted by Crippen LogP contribution is -2.35. The third-order valence-corrected chi connectivity index (χ3v) is 5.63. The highest BCUT2D eigenvalue weighted by Crippen LogP contribution is 2.31. The molecule has 0 bridgehead atoms. The van der Waals surface area contributed by atoms with Gasteiger partial charge in [-0.25, -0.2) is 4.98 Å². The fourth-order valence-electron chi connectivity index (χ4n) is 3.17. The molecule has 0 radical (unpaired) electrons. The number of thioether (sulfide) groups is 1. The number of aryl methyl sites for hydroxylation is 1. The van der Waals surface area contributed by atoms with Crippen molar-refractivity contribution >= 4 is 28.7 Å². The van der Waals surface area contributed by atoms with Gasteiger partial charge in [-0.2, -0.15) is 22.8 Å². The molecule has 1 amide bonds. The summed E-state index contributed by atoms with van der Waals surface area (Å²) in [7, 11) is 0. The van der Waals surface area contributed by atoms with Crippen LogP contribution in [0.1, 0.15) is 36.9 Å². The first kappa shape index (κ1) is 23.5. The fourth-order valence-corrected chi connectivity index (χ4v) is 3.96. The topological polar surface area (TPSA) is 119 Å².